The molecule has 2 heterocycles. The molecule has 0 radical (unpaired) electrons. The summed E-state index contributed by atoms with van der Waals surface area (Å²) in [6.45, 7) is 3.58. The maximum atomic E-state index is 14.0. The molecule has 0 saturated heterocycles. The van der Waals surface area contributed by atoms with Crippen LogP contribution in [-0.4, -0.2) is 37.6 Å². The molecule has 0 N–H and O–H groups in total. The fraction of sp³-hybridized carbons (Fsp3) is 0.324. The second-order valence-corrected chi connectivity index (χ2v) is 11.9. The van der Waals surface area contributed by atoms with E-state index in [4.69, 9.17) is 14.2 Å². The molecule has 0 unspecified atom stereocenters. The SMILES string of the molecule is CC[C@@H](Oc1ccc([C@H]2CCN(C)c3cc4c(cc3O2)CN(Cc2cccc(F)c2)[C@H](C(=O)OC)C4)cc1)c1ccc(F)c(F)c1. The molecule has 0 fully saturated rings. The normalized spacial score (nSPS) is 18.5. The fourth-order valence-corrected chi connectivity index (χ4v) is 6.36. The summed E-state index contributed by atoms with van der Waals surface area (Å²) < 4.78 is 59.2. The molecule has 0 aliphatic carbocycles. The van der Waals surface area contributed by atoms with Crippen molar-refractivity contribution < 1.29 is 32.2 Å². The lowest BCUT2D eigenvalue weighted by atomic mass is 9.92. The van der Waals surface area contributed by atoms with E-state index >= 15 is 0 Å². The fourth-order valence-electron chi connectivity index (χ4n) is 6.36. The largest absolute Gasteiger partial charge is 0.486 e. The average Bonchev–Trinajstić information content (AvgIpc) is 3.21. The van der Waals surface area contributed by atoms with Gasteiger partial charge < -0.3 is 19.1 Å². The number of anilines is 1. The van der Waals surface area contributed by atoms with Crippen molar-refractivity contribution in [2.75, 3.05) is 25.6 Å². The van der Waals surface area contributed by atoms with Crippen LogP contribution in [-0.2, 0) is 29.0 Å². The molecular weight excluding hydrogens is 593 g/mol. The minimum Gasteiger partial charge on any atom is -0.486 e. The second-order valence-electron chi connectivity index (χ2n) is 11.9. The van der Waals surface area contributed by atoms with Crippen LogP contribution in [0.3, 0.4) is 0 Å². The molecule has 6 rings (SSSR count). The number of halogens is 3. The molecule has 0 saturated carbocycles. The highest BCUT2D eigenvalue weighted by molar-refractivity contribution is 5.77. The summed E-state index contributed by atoms with van der Waals surface area (Å²) in [7, 11) is 3.43. The zero-order valence-corrected chi connectivity index (χ0v) is 26.1. The van der Waals surface area contributed by atoms with Gasteiger partial charge in [-0.25, -0.2) is 13.2 Å². The molecule has 0 aromatic heterocycles. The third-order valence-electron chi connectivity index (χ3n) is 8.88. The van der Waals surface area contributed by atoms with Crippen LogP contribution in [0.1, 0.15) is 59.8 Å². The van der Waals surface area contributed by atoms with Gasteiger partial charge >= 0.3 is 5.97 Å². The molecule has 4 aromatic rings. The molecule has 3 atom stereocenters. The molecular formula is C37H37F3N2O4. The Bertz CT molecular complexity index is 1710. The van der Waals surface area contributed by atoms with Crippen molar-refractivity contribution in [3.63, 3.8) is 0 Å². The zero-order chi connectivity index (χ0) is 32.4. The van der Waals surface area contributed by atoms with Crippen molar-refractivity contribution in [2.45, 2.75) is 57.5 Å². The van der Waals surface area contributed by atoms with Gasteiger partial charge in [-0.1, -0.05) is 37.3 Å². The summed E-state index contributed by atoms with van der Waals surface area (Å²) in [4.78, 5) is 17.0. The molecule has 240 valence electrons. The molecule has 9 heteroatoms. The lowest BCUT2D eigenvalue weighted by Crippen LogP contribution is -2.45. The van der Waals surface area contributed by atoms with Gasteiger partial charge in [0.15, 0.2) is 11.6 Å². The van der Waals surface area contributed by atoms with E-state index in [1.54, 1.807) is 12.1 Å². The number of esters is 1. The monoisotopic (exact) mass is 630 g/mol. The Morgan fingerprint density at radius 1 is 0.978 bits per heavy atom. The number of carbonyl (C=O) groups excluding carboxylic acids is 1. The van der Waals surface area contributed by atoms with Crippen molar-refractivity contribution in [2.24, 2.45) is 0 Å². The summed E-state index contributed by atoms with van der Waals surface area (Å²) in [5.41, 5.74) is 5.42. The molecule has 2 aliphatic rings. The number of benzene rings is 4. The first-order chi connectivity index (χ1) is 22.2. The predicted octanol–water partition coefficient (Wildman–Crippen LogP) is 7.69. The van der Waals surface area contributed by atoms with E-state index in [9.17, 15) is 18.0 Å². The lowest BCUT2D eigenvalue weighted by Gasteiger charge is -2.36. The Hall–Kier alpha value is -4.50. The highest BCUT2D eigenvalue weighted by Crippen LogP contribution is 2.41. The van der Waals surface area contributed by atoms with E-state index in [0.29, 0.717) is 37.2 Å². The third kappa shape index (κ3) is 6.70. The van der Waals surface area contributed by atoms with Crippen LogP contribution < -0.4 is 14.4 Å². The summed E-state index contributed by atoms with van der Waals surface area (Å²) in [5, 5.41) is 0. The van der Waals surface area contributed by atoms with Crippen LogP contribution in [0.5, 0.6) is 11.5 Å². The minimum absolute atomic E-state index is 0.209. The number of nitrogens with zero attached hydrogens (tertiary/aromatic N) is 2. The number of carbonyl (C=O) groups is 1. The second kappa shape index (κ2) is 13.5. The summed E-state index contributed by atoms with van der Waals surface area (Å²) >= 11 is 0. The van der Waals surface area contributed by atoms with Gasteiger partial charge in [0.2, 0.25) is 0 Å². The average molecular weight is 631 g/mol. The smallest absolute Gasteiger partial charge is 0.323 e. The molecule has 2 aliphatic heterocycles. The standard InChI is InChI=1S/C37H37F3N2O4/c1-4-34(25-10-13-30(39)31(40)17-25)45-29-11-8-24(9-12-29)35-14-15-41(2)32-18-26-19-33(37(43)44-3)42(22-27(26)20-36(32)46-35)21-23-6-5-7-28(38)16-23/h5-13,16-18,20,33-35H,4,14-15,19,21-22H2,1-3H3/t33-,34+,35+/m0/s1. The molecule has 46 heavy (non-hydrogen) atoms. The van der Waals surface area contributed by atoms with Gasteiger partial charge in [0.05, 0.1) is 12.8 Å². The topological polar surface area (TPSA) is 51.2 Å². The van der Waals surface area contributed by atoms with E-state index < -0.39 is 23.8 Å². The number of fused-ring (bicyclic) bond motifs is 2. The predicted molar refractivity (Wildman–Crippen MR) is 169 cm³/mol. The highest BCUT2D eigenvalue weighted by Gasteiger charge is 2.34. The maximum absolute atomic E-state index is 14.0. The number of hydrogen-bond acceptors (Lipinski definition) is 6. The number of ether oxygens (including phenoxy) is 3. The zero-order valence-electron chi connectivity index (χ0n) is 26.1. The Kier molecular flexibility index (Phi) is 9.22. The summed E-state index contributed by atoms with van der Waals surface area (Å²) in [6, 6.07) is 21.7. The molecule has 6 nitrogen and oxygen atoms in total. The number of methoxy groups -OCH3 is 1. The van der Waals surface area contributed by atoms with Crippen molar-refractivity contribution in [1.82, 2.24) is 4.90 Å². The van der Waals surface area contributed by atoms with Crippen LogP contribution >= 0.6 is 0 Å². The Morgan fingerprint density at radius 2 is 1.78 bits per heavy atom. The Morgan fingerprint density at radius 3 is 2.50 bits per heavy atom. The van der Waals surface area contributed by atoms with Crippen molar-refractivity contribution in [3.8, 4) is 11.5 Å². The molecule has 4 aromatic carbocycles. The number of hydrogen-bond donors (Lipinski definition) is 0. The van der Waals surface area contributed by atoms with Gasteiger partial charge in [0, 0.05) is 33.1 Å². The van der Waals surface area contributed by atoms with Gasteiger partial charge in [-0.3, -0.25) is 9.69 Å². The van der Waals surface area contributed by atoms with Gasteiger partial charge in [0.1, 0.15) is 35.6 Å². The van der Waals surface area contributed by atoms with Gasteiger partial charge in [-0.05, 0) is 89.2 Å². The van der Waals surface area contributed by atoms with Crippen LogP contribution in [0.15, 0.2) is 78.9 Å². The van der Waals surface area contributed by atoms with Gasteiger partial charge in [-0.15, -0.1) is 0 Å². The summed E-state index contributed by atoms with van der Waals surface area (Å²) in [6.07, 6.45) is 1.19. The lowest BCUT2D eigenvalue weighted by molar-refractivity contribution is -0.148. The van der Waals surface area contributed by atoms with E-state index in [1.165, 1.54) is 25.3 Å². The van der Waals surface area contributed by atoms with E-state index in [2.05, 4.69) is 17.0 Å². The highest BCUT2D eigenvalue weighted by atomic mass is 19.2. The van der Waals surface area contributed by atoms with E-state index in [1.807, 2.05) is 49.2 Å². The maximum Gasteiger partial charge on any atom is 0.323 e. The minimum atomic E-state index is -0.894. The first-order valence-electron chi connectivity index (χ1n) is 15.5. The van der Waals surface area contributed by atoms with Crippen molar-refractivity contribution in [1.29, 1.82) is 0 Å². The van der Waals surface area contributed by atoms with Crippen molar-refractivity contribution in [3.05, 3.63) is 124 Å². The Balaban J connectivity index is 1.22. The van der Waals surface area contributed by atoms with Crippen LogP contribution in [0, 0.1) is 17.5 Å². The van der Waals surface area contributed by atoms with Crippen LogP contribution in [0.4, 0.5) is 18.9 Å². The van der Waals surface area contributed by atoms with Crippen LogP contribution in [0.2, 0.25) is 0 Å². The Labute approximate surface area is 267 Å². The first-order valence-corrected chi connectivity index (χ1v) is 15.5. The van der Waals surface area contributed by atoms with Gasteiger partial charge in [-0.2, -0.15) is 0 Å². The quantitative estimate of drug-likeness (QED) is 0.186. The van der Waals surface area contributed by atoms with E-state index in [0.717, 1.165) is 52.7 Å². The van der Waals surface area contributed by atoms with Crippen LogP contribution in [0.25, 0.3) is 0 Å². The van der Waals surface area contributed by atoms with Crippen molar-refractivity contribution >= 4 is 11.7 Å². The third-order valence-corrected chi connectivity index (χ3v) is 8.88. The van der Waals surface area contributed by atoms with E-state index in [-0.39, 0.29) is 17.9 Å². The molecule has 0 spiro atoms. The number of rotatable bonds is 8. The molecule has 0 bridgehead atoms. The van der Waals surface area contributed by atoms with Gasteiger partial charge in [0.25, 0.3) is 0 Å². The first kappa shape index (κ1) is 31.5. The molecule has 0 amide bonds. The summed E-state index contributed by atoms with van der Waals surface area (Å²) in [5.74, 6) is -1.02.